The van der Waals surface area contributed by atoms with Gasteiger partial charge in [-0.1, -0.05) is 18.2 Å². The van der Waals surface area contributed by atoms with Crippen molar-refractivity contribution in [3.05, 3.63) is 71.8 Å². The molecule has 28 heavy (non-hydrogen) atoms. The summed E-state index contributed by atoms with van der Waals surface area (Å²) < 4.78 is 11.0. The van der Waals surface area contributed by atoms with E-state index >= 15 is 0 Å². The Morgan fingerprint density at radius 3 is 2.36 bits per heavy atom. The molecule has 0 bridgehead atoms. The molecular formula is C23H22N2O3. The summed E-state index contributed by atoms with van der Waals surface area (Å²) in [6.45, 7) is 2.21. The Bertz CT molecular complexity index is 1020. The number of rotatable bonds is 6. The largest absolute Gasteiger partial charge is 0.497 e. The number of likely N-dealkylation sites (N-methyl/N-ethyl adjacent to an activating group) is 1. The Morgan fingerprint density at radius 1 is 1.04 bits per heavy atom. The zero-order chi connectivity index (χ0) is 20.1. The lowest BCUT2D eigenvalue weighted by Gasteiger charge is -2.22. The Balaban J connectivity index is 1.65. The smallest absolute Gasteiger partial charge is 0.263 e. The number of methoxy groups -OCH3 is 1. The third kappa shape index (κ3) is 4.41. The molecular weight excluding hydrogens is 352 g/mol. The molecule has 0 aliphatic rings. The van der Waals surface area contributed by atoms with Gasteiger partial charge in [0.25, 0.3) is 5.91 Å². The fraction of sp³-hybridized carbons (Fsp3) is 0.217. The summed E-state index contributed by atoms with van der Waals surface area (Å²) in [5, 5.41) is 11.0. The molecule has 0 spiro atoms. The monoisotopic (exact) mass is 374 g/mol. The number of amides is 1. The number of hydrogen-bond acceptors (Lipinski definition) is 4. The highest BCUT2D eigenvalue weighted by molar-refractivity contribution is 5.85. The second-order valence-electron chi connectivity index (χ2n) is 6.64. The molecule has 5 heteroatoms. The summed E-state index contributed by atoms with van der Waals surface area (Å²) in [5.74, 6) is 1.27. The summed E-state index contributed by atoms with van der Waals surface area (Å²) in [5.41, 5.74) is 1.59. The summed E-state index contributed by atoms with van der Waals surface area (Å²) in [4.78, 5) is 14.3. The fourth-order valence-electron chi connectivity index (χ4n) is 3.02. The van der Waals surface area contributed by atoms with Crippen LogP contribution in [0.4, 0.5) is 0 Å². The Morgan fingerprint density at radius 2 is 1.68 bits per heavy atom. The normalized spacial score (nSPS) is 11.5. The molecule has 3 aromatic rings. The molecule has 1 atom stereocenters. The van der Waals surface area contributed by atoms with Crippen molar-refractivity contribution in [2.75, 3.05) is 14.2 Å². The minimum absolute atomic E-state index is 0.112. The van der Waals surface area contributed by atoms with Crippen LogP contribution in [0, 0.1) is 11.3 Å². The molecule has 0 aliphatic carbocycles. The van der Waals surface area contributed by atoms with E-state index < -0.39 is 6.10 Å². The molecule has 0 aromatic heterocycles. The van der Waals surface area contributed by atoms with Gasteiger partial charge in [-0.2, -0.15) is 5.26 Å². The predicted molar refractivity (Wildman–Crippen MR) is 108 cm³/mol. The second kappa shape index (κ2) is 8.45. The number of nitrogens with zero attached hydrogens (tertiary/aromatic N) is 2. The molecule has 0 N–H and O–H groups in total. The highest BCUT2D eigenvalue weighted by atomic mass is 16.5. The van der Waals surface area contributed by atoms with Crippen LogP contribution in [0.3, 0.4) is 0 Å². The SMILES string of the molecule is COc1ccc2cc(CN(C)C(=O)[C@H](C)Oc3ccc(C#N)cc3)ccc2c1. The van der Waals surface area contributed by atoms with E-state index in [-0.39, 0.29) is 5.91 Å². The predicted octanol–water partition coefficient (Wildman–Crippen LogP) is 4.15. The molecule has 3 aromatic carbocycles. The van der Waals surface area contributed by atoms with Crippen LogP contribution >= 0.6 is 0 Å². The number of hydrogen-bond donors (Lipinski definition) is 0. The molecule has 0 saturated heterocycles. The maximum atomic E-state index is 12.7. The number of carbonyl (C=O) groups excluding carboxylic acids is 1. The van der Waals surface area contributed by atoms with E-state index in [9.17, 15) is 4.79 Å². The zero-order valence-corrected chi connectivity index (χ0v) is 16.2. The highest BCUT2D eigenvalue weighted by Crippen LogP contribution is 2.22. The van der Waals surface area contributed by atoms with Gasteiger partial charge < -0.3 is 14.4 Å². The number of fused-ring (bicyclic) bond motifs is 1. The van der Waals surface area contributed by atoms with Crippen molar-refractivity contribution in [3.8, 4) is 17.6 Å². The molecule has 5 nitrogen and oxygen atoms in total. The molecule has 0 radical (unpaired) electrons. The van der Waals surface area contributed by atoms with Gasteiger partial charge in [-0.15, -0.1) is 0 Å². The van der Waals surface area contributed by atoms with Crippen molar-refractivity contribution >= 4 is 16.7 Å². The van der Waals surface area contributed by atoms with Gasteiger partial charge in [-0.05, 0) is 65.7 Å². The van der Waals surface area contributed by atoms with Crippen LogP contribution in [-0.4, -0.2) is 31.1 Å². The zero-order valence-electron chi connectivity index (χ0n) is 16.2. The Labute approximate surface area is 164 Å². The first-order valence-corrected chi connectivity index (χ1v) is 8.98. The molecule has 0 fully saturated rings. The van der Waals surface area contributed by atoms with Crippen LogP contribution in [0.1, 0.15) is 18.1 Å². The number of carbonyl (C=O) groups is 1. The van der Waals surface area contributed by atoms with Crippen molar-refractivity contribution in [2.24, 2.45) is 0 Å². The molecule has 0 saturated carbocycles. The molecule has 3 rings (SSSR count). The van der Waals surface area contributed by atoms with Crippen LogP contribution < -0.4 is 9.47 Å². The van der Waals surface area contributed by atoms with Crippen LogP contribution in [0.5, 0.6) is 11.5 Å². The molecule has 0 heterocycles. The average Bonchev–Trinajstić information content (AvgIpc) is 2.73. The third-order valence-corrected chi connectivity index (χ3v) is 4.55. The van der Waals surface area contributed by atoms with Gasteiger partial charge in [-0.25, -0.2) is 0 Å². The Kier molecular flexibility index (Phi) is 5.81. The summed E-state index contributed by atoms with van der Waals surface area (Å²) >= 11 is 0. The van der Waals surface area contributed by atoms with E-state index in [1.165, 1.54) is 0 Å². The van der Waals surface area contributed by atoms with Gasteiger partial charge in [0, 0.05) is 13.6 Å². The average molecular weight is 374 g/mol. The maximum absolute atomic E-state index is 12.7. The Hall–Kier alpha value is -3.52. The summed E-state index contributed by atoms with van der Waals surface area (Å²) in [7, 11) is 3.41. The van der Waals surface area contributed by atoms with Crippen LogP contribution in [-0.2, 0) is 11.3 Å². The fourth-order valence-corrected chi connectivity index (χ4v) is 3.02. The lowest BCUT2D eigenvalue weighted by Crippen LogP contribution is -2.37. The van der Waals surface area contributed by atoms with Crippen LogP contribution in [0.25, 0.3) is 10.8 Å². The topological polar surface area (TPSA) is 62.6 Å². The molecule has 1 amide bonds. The standard InChI is InChI=1S/C23H22N2O3/c1-16(28-21-9-5-17(14-24)6-10-21)23(26)25(2)15-18-4-7-20-13-22(27-3)11-8-19(20)12-18/h4-13,16H,15H2,1-3H3/t16-/m0/s1. The minimum Gasteiger partial charge on any atom is -0.497 e. The molecule has 0 unspecified atom stereocenters. The van der Waals surface area contributed by atoms with Gasteiger partial charge in [-0.3, -0.25) is 4.79 Å². The number of nitriles is 1. The van der Waals surface area contributed by atoms with E-state index in [4.69, 9.17) is 14.7 Å². The van der Waals surface area contributed by atoms with Crippen molar-refractivity contribution in [1.82, 2.24) is 4.90 Å². The van der Waals surface area contributed by atoms with Gasteiger partial charge in [0.2, 0.25) is 0 Å². The van der Waals surface area contributed by atoms with Crippen molar-refractivity contribution < 1.29 is 14.3 Å². The van der Waals surface area contributed by atoms with E-state index in [1.54, 1.807) is 50.2 Å². The summed E-state index contributed by atoms with van der Waals surface area (Å²) in [6.07, 6.45) is -0.623. The van der Waals surface area contributed by atoms with Crippen LogP contribution in [0.2, 0.25) is 0 Å². The quantitative estimate of drug-likeness (QED) is 0.650. The minimum atomic E-state index is -0.623. The van der Waals surface area contributed by atoms with Gasteiger partial charge >= 0.3 is 0 Å². The first-order chi connectivity index (χ1) is 13.5. The third-order valence-electron chi connectivity index (χ3n) is 4.55. The van der Waals surface area contributed by atoms with Crippen molar-refractivity contribution in [2.45, 2.75) is 19.6 Å². The van der Waals surface area contributed by atoms with Crippen molar-refractivity contribution in [3.63, 3.8) is 0 Å². The lowest BCUT2D eigenvalue weighted by molar-refractivity contribution is -0.137. The number of benzene rings is 3. The highest BCUT2D eigenvalue weighted by Gasteiger charge is 2.19. The summed E-state index contributed by atoms with van der Waals surface area (Å²) in [6, 6.07) is 20.8. The molecule has 0 aliphatic heterocycles. The van der Waals surface area contributed by atoms with Gasteiger partial charge in [0.15, 0.2) is 6.10 Å². The van der Waals surface area contributed by atoms with E-state index in [0.29, 0.717) is 17.9 Å². The van der Waals surface area contributed by atoms with Gasteiger partial charge in [0.05, 0.1) is 18.7 Å². The van der Waals surface area contributed by atoms with E-state index in [1.807, 2.05) is 30.3 Å². The van der Waals surface area contributed by atoms with Gasteiger partial charge in [0.1, 0.15) is 11.5 Å². The van der Waals surface area contributed by atoms with E-state index in [2.05, 4.69) is 12.1 Å². The number of ether oxygens (including phenoxy) is 2. The van der Waals surface area contributed by atoms with E-state index in [0.717, 1.165) is 22.1 Å². The second-order valence-corrected chi connectivity index (χ2v) is 6.64. The lowest BCUT2D eigenvalue weighted by atomic mass is 10.1. The first-order valence-electron chi connectivity index (χ1n) is 8.98. The first kappa shape index (κ1) is 19.2. The molecule has 142 valence electrons. The van der Waals surface area contributed by atoms with Crippen molar-refractivity contribution in [1.29, 1.82) is 5.26 Å². The van der Waals surface area contributed by atoms with Crippen LogP contribution in [0.15, 0.2) is 60.7 Å². The maximum Gasteiger partial charge on any atom is 0.263 e.